The van der Waals surface area contributed by atoms with E-state index in [1.165, 1.54) is 24.3 Å². The van der Waals surface area contributed by atoms with Crippen molar-refractivity contribution in [3.8, 4) is 11.5 Å². The van der Waals surface area contributed by atoms with E-state index in [9.17, 15) is 35.1 Å². The second kappa shape index (κ2) is 9.53. The molecule has 0 aliphatic carbocycles. The van der Waals surface area contributed by atoms with Crippen LogP contribution in [0.2, 0.25) is 5.02 Å². The van der Waals surface area contributed by atoms with Crippen LogP contribution < -0.4 is 4.74 Å². The lowest BCUT2D eigenvalue weighted by atomic mass is 9.90. The highest BCUT2D eigenvalue weighted by Crippen LogP contribution is 2.40. The molecule has 0 unspecified atom stereocenters. The summed E-state index contributed by atoms with van der Waals surface area (Å²) in [5, 5.41) is 11.2. The van der Waals surface area contributed by atoms with Gasteiger partial charge in [-0.1, -0.05) is 17.7 Å². The Labute approximate surface area is 187 Å². The Morgan fingerprint density at radius 1 is 0.844 bits per heavy atom. The molecule has 0 saturated heterocycles. The van der Waals surface area contributed by atoms with E-state index in [-0.39, 0.29) is 11.5 Å². The highest BCUT2D eigenvalue weighted by Gasteiger charge is 2.43. The van der Waals surface area contributed by atoms with Crippen molar-refractivity contribution in [1.82, 2.24) is 0 Å². The van der Waals surface area contributed by atoms with E-state index in [0.29, 0.717) is 23.6 Å². The molecule has 14 heteroatoms. The summed E-state index contributed by atoms with van der Waals surface area (Å²) in [4.78, 5) is 0. The highest BCUT2D eigenvalue weighted by atomic mass is 35.5. The minimum atomic E-state index is -5.04. The SMILES string of the molecule is CS(=O)(=O)OCC(O)(COS(C)(=O)=O)c1ccc(Oc2ccc(Cl)cc2)cc1C(F)(F)F. The Morgan fingerprint density at radius 3 is 1.75 bits per heavy atom. The third-order valence-electron chi connectivity index (χ3n) is 3.87. The van der Waals surface area contributed by atoms with Crippen LogP contribution in [0.3, 0.4) is 0 Å². The van der Waals surface area contributed by atoms with Gasteiger partial charge < -0.3 is 9.84 Å². The molecule has 2 aromatic rings. The van der Waals surface area contributed by atoms with Crippen molar-refractivity contribution < 1.29 is 48.2 Å². The maximum absolute atomic E-state index is 13.8. The molecule has 32 heavy (non-hydrogen) atoms. The van der Waals surface area contributed by atoms with Crippen LogP contribution in [0.4, 0.5) is 13.2 Å². The molecule has 0 heterocycles. The normalized spacial score (nSPS) is 13.2. The van der Waals surface area contributed by atoms with Crippen LogP contribution in [0, 0.1) is 0 Å². The summed E-state index contributed by atoms with van der Waals surface area (Å²) in [6, 6.07) is 8.20. The van der Waals surface area contributed by atoms with Crippen molar-refractivity contribution >= 4 is 31.8 Å². The Kier molecular flexibility index (Phi) is 7.85. The molecule has 0 amide bonds. The molecule has 0 fully saturated rings. The second-order valence-corrected chi connectivity index (χ2v) is 10.4. The molecule has 2 aromatic carbocycles. The third-order valence-corrected chi connectivity index (χ3v) is 5.21. The summed E-state index contributed by atoms with van der Waals surface area (Å²) in [6.45, 7) is -2.47. The van der Waals surface area contributed by atoms with E-state index in [0.717, 1.165) is 12.1 Å². The van der Waals surface area contributed by atoms with E-state index in [2.05, 4.69) is 8.37 Å². The standard InChI is InChI=1S/C18H18ClF3O8S2/c1-31(24,25)28-10-17(23,11-29-32(2,26)27)15-8-7-14(9-16(15)18(20,21)22)30-13-5-3-12(19)4-6-13/h3-9,23H,10-11H2,1-2H3. The lowest BCUT2D eigenvalue weighted by Crippen LogP contribution is -2.40. The van der Waals surface area contributed by atoms with Crippen LogP contribution in [0.5, 0.6) is 11.5 Å². The summed E-state index contributed by atoms with van der Waals surface area (Å²) in [5.41, 5.74) is -5.09. The molecule has 0 saturated carbocycles. The van der Waals surface area contributed by atoms with Crippen molar-refractivity contribution in [2.45, 2.75) is 11.8 Å². The van der Waals surface area contributed by atoms with Gasteiger partial charge in [0.15, 0.2) is 0 Å². The van der Waals surface area contributed by atoms with Crippen molar-refractivity contribution in [1.29, 1.82) is 0 Å². The fraction of sp³-hybridized carbons (Fsp3) is 0.333. The van der Waals surface area contributed by atoms with Gasteiger partial charge in [0.25, 0.3) is 20.2 Å². The van der Waals surface area contributed by atoms with E-state index < -0.39 is 56.4 Å². The summed E-state index contributed by atoms with van der Waals surface area (Å²) in [5.74, 6) is -0.0924. The minimum absolute atomic E-state index is 0.173. The van der Waals surface area contributed by atoms with Gasteiger partial charge in [0, 0.05) is 10.6 Å². The first-order valence-corrected chi connectivity index (χ1v) is 12.6. The molecule has 178 valence electrons. The summed E-state index contributed by atoms with van der Waals surface area (Å²) < 4.78 is 101. The van der Waals surface area contributed by atoms with Gasteiger partial charge in [-0.05, 0) is 36.4 Å². The number of aliphatic hydroxyl groups is 1. The van der Waals surface area contributed by atoms with Crippen LogP contribution >= 0.6 is 11.6 Å². The van der Waals surface area contributed by atoms with E-state index in [1.54, 1.807) is 0 Å². The van der Waals surface area contributed by atoms with Crippen LogP contribution in [0.15, 0.2) is 42.5 Å². The van der Waals surface area contributed by atoms with Crippen LogP contribution in [0.25, 0.3) is 0 Å². The molecule has 2 rings (SSSR count). The van der Waals surface area contributed by atoms with Gasteiger partial charge >= 0.3 is 6.18 Å². The minimum Gasteiger partial charge on any atom is -0.457 e. The van der Waals surface area contributed by atoms with Crippen molar-refractivity contribution in [2.24, 2.45) is 0 Å². The summed E-state index contributed by atoms with van der Waals surface area (Å²) in [6.07, 6.45) is -3.82. The molecule has 8 nitrogen and oxygen atoms in total. The zero-order valence-electron chi connectivity index (χ0n) is 16.6. The highest BCUT2D eigenvalue weighted by molar-refractivity contribution is 7.86. The molecule has 0 spiro atoms. The molecule has 0 radical (unpaired) electrons. The number of hydrogen-bond acceptors (Lipinski definition) is 8. The first-order valence-electron chi connectivity index (χ1n) is 8.55. The molecule has 0 aliphatic rings. The van der Waals surface area contributed by atoms with Crippen LogP contribution in [-0.4, -0.2) is 47.7 Å². The van der Waals surface area contributed by atoms with Crippen LogP contribution in [0.1, 0.15) is 11.1 Å². The molecule has 0 atom stereocenters. The average molecular weight is 519 g/mol. The van der Waals surface area contributed by atoms with E-state index >= 15 is 0 Å². The smallest absolute Gasteiger partial charge is 0.416 e. The van der Waals surface area contributed by atoms with Gasteiger partial charge in [0.2, 0.25) is 0 Å². The number of alkyl halides is 3. The quantitative estimate of drug-likeness (QED) is 0.503. The number of rotatable bonds is 9. The third kappa shape index (κ3) is 7.90. The number of benzene rings is 2. The maximum Gasteiger partial charge on any atom is 0.416 e. The molecular weight excluding hydrogens is 501 g/mol. The maximum atomic E-state index is 13.8. The Hall–Kier alpha value is -1.90. The van der Waals surface area contributed by atoms with E-state index in [4.69, 9.17) is 16.3 Å². The molecule has 1 N–H and O–H groups in total. The van der Waals surface area contributed by atoms with Gasteiger partial charge in [-0.3, -0.25) is 8.37 Å². The van der Waals surface area contributed by atoms with Crippen molar-refractivity contribution in [3.05, 3.63) is 58.6 Å². The fourth-order valence-electron chi connectivity index (χ4n) is 2.47. The lowest BCUT2D eigenvalue weighted by molar-refractivity contribution is -0.142. The molecule has 0 aliphatic heterocycles. The van der Waals surface area contributed by atoms with Gasteiger partial charge in [-0.15, -0.1) is 0 Å². The Morgan fingerprint density at radius 2 is 1.31 bits per heavy atom. The van der Waals surface area contributed by atoms with Gasteiger partial charge in [-0.2, -0.15) is 30.0 Å². The lowest BCUT2D eigenvalue weighted by Gasteiger charge is -2.30. The predicted molar refractivity (Wildman–Crippen MR) is 108 cm³/mol. The average Bonchev–Trinajstić information content (AvgIpc) is 2.65. The second-order valence-electron chi connectivity index (χ2n) is 6.73. The molecule has 0 aromatic heterocycles. The predicted octanol–water partition coefficient (Wildman–Crippen LogP) is 3.29. The summed E-state index contributed by atoms with van der Waals surface area (Å²) in [7, 11) is -8.40. The van der Waals surface area contributed by atoms with Gasteiger partial charge in [0.05, 0.1) is 18.1 Å². The monoisotopic (exact) mass is 518 g/mol. The first-order chi connectivity index (χ1) is 14.5. The van der Waals surface area contributed by atoms with Crippen LogP contribution in [-0.2, 0) is 40.4 Å². The Balaban J connectivity index is 2.53. The number of ether oxygens (including phenoxy) is 1. The van der Waals surface area contributed by atoms with Crippen molar-refractivity contribution in [3.63, 3.8) is 0 Å². The first kappa shape index (κ1) is 26.4. The van der Waals surface area contributed by atoms with Crippen molar-refractivity contribution in [2.75, 3.05) is 25.7 Å². The largest absolute Gasteiger partial charge is 0.457 e. The zero-order valence-corrected chi connectivity index (χ0v) is 19.0. The number of hydrogen-bond donors (Lipinski definition) is 1. The van der Waals surface area contributed by atoms with Gasteiger partial charge in [-0.25, -0.2) is 0 Å². The molecular formula is C18H18ClF3O8S2. The van der Waals surface area contributed by atoms with E-state index in [1.807, 2.05) is 0 Å². The topological polar surface area (TPSA) is 116 Å². The Bertz CT molecular complexity index is 1130. The number of halogens is 4. The molecule has 0 bridgehead atoms. The summed E-state index contributed by atoms with van der Waals surface area (Å²) >= 11 is 5.75. The van der Waals surface area contributed by atoms with Gasteiger partial charge in [0.1, 0.15) is 30.3 Å². The zero-order chi connectivity index (χ0) is 24.4. The fourth-order valence-corrected chi connectivity index (χ4v) is 3.42.